The molecule has 0 N–H and O–H groups in total. The van der Waals surface area contributed by atoms with Gasteiger partial charge in [-0.3, -0.25) is 9.48 Å². The van der Waals surface area contributed by atoms with Gasteiger partial charge in [-0.25, -0.2) is 4.68 Å². The normalized spacial score (nSPS) is 10.5. The molecule has 3 heterocycles. The molecule has 0 aliphatic carbocycles. The van der Waals surface area contributed by atoms with Crippen LogP contribution in [-0.4, -0.2) is 32.5 Å². The van der Waals surface area contributed by atoms with Crippen molar-refractivity contribution in [1.82, 2.24) is 19.6 Å². The third-order valence-electron chi connectivity index (χ3n) is 9.67. The molecule has 0 saturated carbocycles. The van der Waals surface area contributed by atoms with Crippen LogP contribution in [0.3, 0.4) is 0 Å². The van der Waals surface area contributed by atoms with E-state index in [9.17, 15) is 4.79 Å². The van der Waals surface area contributed by atoms with E-state index in [2.05, 4.69) is 151 Å². The van der Waals surface area contributed by atoms with Gasteiger partial charge in [0, 0.05) is 56.4 Å². The van der Waals surface area contributed by atoms with E-state index in [0.717, 1.165) is 28.4 Å². The van der Waals surface area contributed by atoms with E-state index in [0.29, 0.717) is 23.7 Å². The molecule has 0 atom stereocenters. The fraction of sp³-hybridized carbons (Fsp3) is 0.314. The molecule has 0 saturated heterocycles. The lowest BCUT2D eigenvalue weighted by atomic mass is 10.00. The fourth-order valence-corrected chi connectivity index (χ4v) is 5.82. The van der Waals surface area contributed by atoms with E-state index >= 15 is 0 Å². The average molecular weight is 780 g/mol. The number of rotatable bonds is 8. The molecule has 7 nitrogen and oxygen atoms in total. The Bertz CT molecular complexity index is 2190. The monoisotopic (exact) mass is 780 g/mol. The molecule has 306 valence electrons. The first-order chi connectivity index (χ1) is 27.2. The highest BCUT2D eigenvalue weighted by Crippen LogP contribution is 2.25. The maximum Gasteiger partial charge on any atom is 0.223 e. The first kappa shape index (κ1) is 46.4. The van der Waals surface area contributed by atoms with Gasteiger partial charge in [0.25, 0.3) is 0 Å². The zero-order valence-corrected chi connectivity index (χ0v) is 35.7. The Kier molecular flexibility index (Phi) is 18.2. The molecule has 7 rings (SSSR count). The van der Waals surface area contributed by atoms with Gasteiger partial charge in [0.05, 0.1) is 17.6 Å². The molecular formula is C51H65N5O2. The lowest BCUT2D eigenvalue weighted by molar-refractivity contribution is -0.116. The van der Waals surface area contributed by atoms with Crippen LogP contribution in [0.1, 0.15) is 116 Å². The van der Waals surface area contributed by atoms with Gasteiger partial charge in [0.1, 0.15) is 5.76 Å². The van der Waals surface area contributed by atoms with Crippen LogP contribution < -0.4 is 4.90 Å². The summed E-state index contributed by atoms with van der Waals surface area (Å²) in [5.41, 5.74) is 10.8. The summed E-state index contributed by atoms with van der Waals surface area (Å²) in [6, 6.07) is 41.5. The molecule has 4 aromatic carbocycles. The Morgan fingerprint density at radius 2 is 1.16 bits per heavy atom. The molecular weight excluding hydrogens is 715 g/mol. The van der Waals surface area contributed by atoms with Crippen molar-refractivity contribution >= 4 is 11.6 Å². The minimum Gasteiger partial charge on any atom is -0.464 e. The zero-order chi connectivity index (χ0) is 41.5. The molecule has 7 aromatic rings. The topological polar surface area (TPSA) is 69.1 Å². The predicted molar refractivity (Wildman–Crippen MR) is 245 cm³/mol. The van der Waals surface area contributed by atoms with Crippen LogP contribution in [0, 0.1) is 0 Å². The standard InChI is InChI=1S/C13H16N2.C13H14O.C12H14N2.C12H17NO.CH4/c1-10(2)11-5-4-6-12(9-11)13-7-8-15(3)14-13;1-10(2)11-5-3-6-12(9-11)13-7-4-8-14-13;1-10(2)11-4-6-12(7-5-11)14-9-3-8-13-14;1-9(2)11-5-7-12(8-6-11)13(4)10(3)14;/h4-10H,1-3H3;2*3-10H,1-2H3;5-9H,1-4H3;1H4. The molecule has 3 aromatic heterocycles. The van der Waals surface area contributed by atoms with Gasteiger partial charge in [0.2, 0.25) is 5.91 Å². The fourth-order valence-electron chi connectivity index (χ4n) is 5.82. The number of hydrogen-bond acceptors (Lipinski definition) is 4. The van der Waals surface area contributed by atoms with Gasteiger partial charge in [-0.05, 0) is 107 Å². The van der Waals surface area contributed by atoms with Crippen molar-refractivity contribution < 1.29 is 9.21 Å². The van der Waals surface area contributed by atoms with Gasteiger partial charge >= 0.3 is 0 Å². The molecule has 0 unspecified atom stereocenters. The van der Waals surface area contributed by atoms with Crippen LogP contribution in [0.5, 0.6) is 0 Å². The highest BCUT2D eigenvalue weighted by atomic mass is 16.3. The van der Waals surface area contributed by atoms with Crippen molar-refractivity contribution in [2.24, 2.45) is 7.05 Å². The van der Waals surface area contributed by atoms with E-state index in [4.69, 9.17) is 4.42 Å². The Hall–Kier alpha value is -5.95. The highest BCUT2D eigenvalue weighted by Gasteiger charge is 2.07. The number of carbonyl (C=O) groups excluding carboxylic acids is 1. The predicted octanol–water partition coefficient (Wildman–Crippen LogP) is 13.7. The summed E-state index contributed by atoms with van der Waals surface area (Å²) < 4.78 is 9.05. The molecule has 0 bridgehead atoms. The van der Waals surface area contributed by atoms with Crippen LogP contribution in [0.2, 0.25) is 0 Å². The number of aryl methyl sites for hydroxylation is 1. The van der Waals surface area contributed by atoms with Crippen LogP contribution in [0.15, 0.2) is 151 Å². The molecule has 0 aliphatic heterocycles. The lowest BCUT2D eigenvalue weighted by Crippen LogP contribution is -2.22. The van der Waals surface area contributed by atoms with Crippen molar-refractivity contribution in [3.8, 4) is 28.3 Å². The third kappa shape index (κ3) is 13.9. The molecule has 0 radical (unpaired) electrons. The summed E-state index contributed by atoms with van der Waals surface area (Å²) in [4.78, 5) is 12.7. The van der Waals surface area contributed by atoms with Gasteiger partial charge in [-0.2, -0.15) is 10.2 Å². The van der Waals surface area contributed by atoms with E-state index in [1.54, 1.807) is 31.3 Å². The summed E-state index contributed by atoms with van der Waals surface area (Å²) in [6.07, 6.45) is 7.41. The number of furan rings is 1. The summed E-state index contributed by atoms with van der Waals surface area (Å²) in [5.74, 6) is 3.24. The Morgan fingerprint density at radius 1 is 0.621 bits per heavy atom. The SMILES string of the molecule is C.CC(=O)N(C)c1ccc(C(C)C)cc1.CC(C)c1ccc(-n2cccn2)cc1.CC(C)c1cccc(-c2ccco2)c1.CC(C)c1cccc(-c2ccn(C)n2)c1. The van der Waals surface area contributed by atoms with Gasteiger partial charge < -0.3 is 9.32 Å². The quantitative estimate of drug-likeness (QED) is 0.154. The molecule has 0 fully saturated rings. The maximum absolute atomic E-state index is 11.1. The van der Waals surface area contributed by atoms with Crippen LogP contribution in [-0.2, 0) is 11.8 Å². The van der Waals surface area contributed by atoms with Crippen LogP contribution >= 0.6 is 0 Å². The smallest absolute Gasteiger partial charge is 0.223 e. The summed E-state index contributed by atoms with van der Waals surface area (Å²) in [6.45, 7) is 19.1. The van der Waals surface area contributed by atoms with Crippen LogP contribution in [0.25, 0.3) is 28.3 Å². The molecule has 58 heavy (non-hydrogen) atoms. The van der Waals surface area contributed by atoms with Gasteiger partial charge in [-0.15, -0.1) is 0 Å². The first-order valence-electron chi connectivity index (χ1n) is 19.9. The maximum atomic E-state index is 11.1. The largest absolute Gasteiger partial charge is 0.464 e. The first-order valence-corrected chi connectivity index (χ1v) is 19.9. The lowest BCUT2D eigenvalue weighted by Gasteiger charge is -2.15. The molecule has 0 aliphatic rings. The van der Waals surface area contributed by atoms with Crippen molar-refractivity contribution in [1.29, 1.82) is 0 Å². The van der Waals surface area contributed by atoms with Crippen molar-refractivity contribution in [3.63, 3.8) is 0 Å². The Balaban J connectivity index is 0.000000206. The van der Waals surface area contributed by atoms with Crippen molar-refractivity contribution in [2.45, 2.75) is 93.4 Å². The van der Waals surface area contributed by atoms with Gasteiger partial charge in [0.15, 0.2) is 0 Å². The van der Waals surface area contributed by atoms with E-state index in [-0.39, 0.29) is 13.3 Å². The number of carbonyl (C=O) groups is 1. The van der Waals surface area contributed by atoms with Crippen molar-refractivity contribution in [3.05, 3.63) is 168 Å². The Labute approximate surface area is 348 Å². The van der Waals surface area contributed by atoms with Crippen molar-refractivity contribution in [2.75, 3.05) is 11.9 Å². The van der Waals surface area contributed by atoms with E-state index in [1.807, 2.05) is 65.2 Å². The summed E-state index contributed by atoms with van der Waals surface area (Å²) in [7, 11) is 3.72. The second kappa shape index (κ2) is 22.7. The van der Waals surface area contributed by atoms with Gasteiger partial charge in [-0.1, -0.05) is 123 Å². The number of hydrogen-bond donors (Lipinski definition) is 0. The third-order valence-corrected chi connectivity index (χ3v) is 9.67. The molecule has 1 amide bonds. The molecule has 7 heteroatoms. The van der Waals surface area contributed by atoms with E-state index < -0.39 is 0 Å². The number of benzene rings is 4. The van der Waals surface area contributed by atoms with Crippen LogP contribution in [0.4, 0.5) is 5.69 Å². The number of anilines is 1. The second-order valence-corrected chi connectivity index (χ2v) is 15.4. The summed E-state index contributed by atoms with van der Waals surface area (Å²) in [5, 5.41) is 8.58. The zero-order valence-electron chi connectivity index (χ0n) is 35.7. The average Bonchev–Trinajstić information content (AvgIpc) is 4.03. The van der Waals surface area contributed by atoms with E-state index in [1.165, 1.54) is 27.8 Å². The number of amides is 1. The minimum atomic E-state index is 0. The minimum absolute atomic E-state index is 0. The highest BCUT2D eigenvalue weighted by molar-refractivity contribution is 5.90. The second-order valence-electron chi connectivity index (χ2n) is 15.4. The number of nitrogens with zero attached hydrogens (tertiary/aromatic N) is 5. The number of aromatic nitrogens is 4. The summed E-state index contributed by atoms with van der Waals surface area (Å²) >= 11 is 0. The Morgan fingerprint density at radius 3 is 1.60 bits per heavy atom. The molecule has 0 spiro atoms.